The lowest BCUT2D eigenvalue weighted by Crippen LogP contribution is -2.61. The summed E-state index contributed by atoms with van der Waals surface area (Å²) in [5.41, 5.74) is 1.42. The molecule has 0 radical (unpaired) electrons. The molecule has 2 bridgehead atoms. The number of ether oxygens (including phenoxy) is 1. The lowest BCUT2D eigenvalue weighted by molar-refractivity contribution is -0.140. The monoisotopic (exact) mass is 455 g/mol. The van der Waals surface area contributed by atoms with Crippen molar-refractivity contribution in [2.45, 2.75) is 56.7 Å². The van der Waals surface area contributed by atoms with Gasteiger partial charge >= 0.3 is 0 Å². The molecule has 4 saturated heterocycles. The minimum Gasteiger partial charge on any atom is -0.497 e. The summed E-state index contributed by atoms with van der Waals surface area (Å²) in [6.07, 6.45) is 7.27. The smallest absolute Gasteiger partial charge is 0.239 e. The van der Waals surface area contributed by atoms with E-state index in [9.17, 15) is 4.79 Å². The molecule has 1 aromatic rings. The predicted octanol–water partition coefficient (Wildman–Crippen LogP) is 3.66. The molecule has 5 atom stereocenters. The molecule has 0 aliphatic carbocycles. The van der Waals surface area contributed by atoms with Gasteiger partial charge in [0.1, 0.15) is 5.75 Å². The predicted molar refractivity (Wildman–Crippen MR) is 124 cm³/mol. The van der Waals surface area contributed by atoms with Gasteiger partial charge in [-0.3, -0.25) is 9.69 Å². The van der Waals surface area contributed by atoms with E-state index in [4.69, 9.17) is 4.74 Å². The van der Waals surface area contributed by atoms with E-state index in [2.05, 4.69) is 39.4 Å². The highest BCUT2D eigenvalue weighted by atomic mass is 35.5. The zero-order valence-electron chi connectivity index (χ0n) is 17.8. The number of rotatable bonds is 3. The van der Waals surface area contributed by atoms with Crippen molar-refractivity contribution in [3.63, 3.8) is 0 Å². The van der Waals surface area contributed by atoms with Crippen LogP contribution in [-0.4, -0.2) is 61.1 Å². The highest BCUT2D eigenvalue weighted by Gasteiger charge is 2.46. The number of carbonyl (C=O) groups is 1. The molecule has 30 heavy (non-hydrogen) atoms. The largest absolute Gasteiger partial charge is 0.497 e. The fourth-order valence-electron chi connectivity index (χ4n) is 6.29. The van der Waals surface area contributed by atoms with Crippen LogP contribution < -0.4 is 10.1 Å². The molecule has 4 heterocycles. The maximum absolute atomic E-state index is 13.0. The molecule has 168 valence electrons. The Morgan fingerprint density at radius 1 is 1.03 bits per heavy atom. The normalized spacial score (nSPS) is 33.1. The number of hydrogen-bond donors (Lipinski definition) is 1. The first-order chi connectivity index (χ1) is 13.7. The van der Waals surface area contributed by atoms with Gasteiger partial charge < -0.3 is 15.0 Å². The average molecular weight is 456 g/mol. The van der Waals surface area contributed by atoms with Gasteiger partial charge in [0.15, 0.2) is 0 Å². The molecule has 0 unspecified atom stereocenters. The van der Waals surface area contributed by atoms with E-state index in [1.54, 1.807) is 7.11 Å². The van der Waals surface area contributed by atoms with Gasteiger partial charge in [-0.25, -0.2) is 0 Å². The van der Waals surface area contributed by atoms with Crippen LogP contribution in [0.1, 0.15) is 50.1 Å². The molecule has 1 amide bonds. The number of likely N-dealkylation sites (tertiary alicyclic amines) is 1. The molecule has 4 fully saturated rings. The summed E-state index contributed by atoms with van der Waals surface area (Å²) in [5, 5.41) is 3.40. The Hall–Kier alpha value is -1.01. The number of nitrogens with zero attached hydrogens (tertiary/aromatic N) is 2. The third-order valence-corrected chi connectivity index (χ3v) is 7.56. The van der Waals surface area contributed by atoms with Crippen molar-refractivity contribution in [3.05, 3.63) is 29.8 Å². The van der Waals surface area contributed by atoms with Crippen LogP contribution >= 0.6 is 24.8 Å². The Labute approximate surface area is 192 Å². The first kappa shape index (κ1) is 23.6. The van der Waals surface area contributed by atoms with Crippen LogP contribution in [0.2, 0.25) is 0 Å². The Kier molecular flexibility index (Phi) is 7.94. The van der Waals surface area contributed by atoms with E-state index in [1.807, 2.05) is 0 Å². The van der Waals surface area contributed by atoms with Crippen molar-refractivity contribution in [2.24, 2.45) is 11.8 Å². The third-order valence-electron chi connectivity index (χ3n) is 7.56. The second kappa shape index (κ2) is 10.1. The molecule has 5 rings (SSSR count). The summed E-state index contributed by atoms with van der Waals surface area (Å²) in [7, 11) is 1.73. The van der Waals surface area contributed by atoms with Gasteiger partial charge in [-0.15, -0.1) is 24.8 Å². The van der Waals surface area contributed by atoms with Crippen molar-refractivity contribution >= 4 is 30.7 Å². The van der Waals surface area contributed by atoms with Crippen molar-refractivity contribution < 1.29 is 9.53 Å². The zero-order chi connectivity index (χ0) is 19.1. The lowest BCUT2D eigenvalue weighted by atomic mass is 9.73. The van der Waals surface area contributed by atoms with Gasteiger partial charge in [0, 0.05) is 31.7 Å². The van der Waals surface area contributed by atoms with Crippen molar-refractivity contribution in [2.75, 3.05) is 33.3 Å². The van der Waals surface area contributed by atoms with Crippen LogP contribution in [0.4, 0.5) is 0 Å². The maximum atomic E-state index is 13.0. The molecule has 0 spiro atoms. The number of carbonyl (C=O) groups excluding carboxylic acids is 1. The van der Waals surface area contributed by atoms with Gasteiger partial charge in [-0.05, 0) is 74.6 Å². The van der Waals surface area contributed by atoms with Crippen molar-refractivity contribution in [3.8, 4) is 5.75 Å². The molecule has 7 heteroatoms. The van der Waals surface area contributed by atoms with E-state index >= 15 is 0 Å². The van der Waals surface area contributed by atoms with Crippen LogP contribution in [0.25, 0.3) is 0 Å². The summed E-state index contributed by atoms with van der Waals surface area (Å²) in [6, 6.07) is 9.92. The quantitative estimate of drug-likeness (QED) is 0.754. The molecule has 4 aliphatic heterocycles. The minimum absolute atomic E-state index is 0. The van der Waals surface area contributed by atoms with E-state index in [-0.39, 0.29) is 30.9 Å². The molecular weight excluding hydrogens is 421 g/mol. The van der Waals surface area contributed by atoms with E-state index in [0.29, 0.717) is 29.8 Å². The highest BCUT2D eigenvalue weighted by molar-refractivity contribution is 5.85. The van der Waals surface area contributed by atoms with Crippen molar-refractivity contribution in [1.29, 1.82) is 0 Å². The summed E-state index contributed by atoms with van der Waals surface area (Å²) < 4.78 is 5.34. The standard InChI is InChI=1S/C23H33N3O2.2ClH/c1-28-19-9-7-17(8-10-19)21-5-2-6-22-18-12-16(14-26(21)22)13-25(15-18)23(27)20-4-3-11-24-20;;/h7-10,16,18,20-22,24H,2-6,11-15H2,1H3;2*1H/t16-,18+,20+,21+,22-;;/m0../s1. The van der Waals surface area contributed by atoms with E-state index in [0.717, 1.165) is 44.8 Å². The third kappa shape index (κ3) is 4.45. The number of fused-ring (bicyclic) bond motifs is 4. The molecule has 5 nitrogen and oxygen atoms in total. The summed E-state index contributed by atoms with van der Waals surface area (Å²) in [6.45, 7) is 4.05. The number of methoxy groups -OCH3 is 1. The second-order valence-corrected chi connectivity index (χ2v) is 9.24. The maximum Gasteiger partial charge on any atom is 0.239 e. The Bertz CT molecular complexity index is 711. The van der Waals surface area contributed by atoms with Crippen LogP contribution in [0.3, 0.4) is 0 Å². The Morgan fingerprint density at radius 2 is 1.83 bits per heavy atom. The highest BCUT2D eigenvalue weighted by Crippen LogP contribution is 2.44. The average Bonchev–Trinajstić information content (AvgIpc) is 3.28. The van der Waals surface area contributed by atoms with E-state index in [1.165, 1.54) is 31.2 Å². The lowest BCUT2D eigenvalue weighted by Gasteiger charge is -2.55. The number of halogens is 2. The molecule has 0 saturated carbocycles. The van der Waals surface area contributed by atoms with E-state index < -0.39 is 0 Å². The Balaban J connectivity index is 0.00000128. The minimum atomic E-state index is 0. The number of hydrogen-bond acceptors (Lipinski definition) is 4. The fraction of sp³-hybridized carbons (Fsp3) is 0.696. The van der Waals surface area contributed by atoms with Crippen LogP contribution in [0, 0.1) is 11.8 Å². The number of nitrogens with one attached hydrogen (secondary N) is 1. The summed E-state index contributed by atoms with van der Waals surface area (Å²) >= 11 is 0. The first-order valence-corrected chi connectivity index (χ1v) is 11.1. The van der Waals surface area contributed by atoms with Crippen LogP contribution in [0.5, 0.6) is 5.75 Å². The summed E-state index contributed by atoms with van der Waals surface area (Å²) in [4.78, 5) is 18.0. The zero-order valence-corrected chi connectivity index (χ0v) is 19.4. The second-order valence-electron chi connectivity index (χ2n) is 9.24. The SMILES string of the molecule is COc1ccc([C@H]2CCC[C@H]3[C@@H]4C[C@@H](CN(C(=O)[C@H]5CCCN5)C4)CN23)cc1.Cl.Cl. The van der Waals surface area contributed by atoms with Gasteiger partial charge in [-0.1, -0.05) is 12.1 Å². The first-order valence-electron chi connectivity index (χ1n) is 11.1. The van der Waals surface area contributed by atoms with Gasteiger partial charge in [0.05, 0.1) is 13.2 Å². The number of benzene rings is 1. The molecule has 4 aliphatic rings. The van der Waals surface area contributed by atoms with Gasteiger partial charge in [-0.2, -0.15) is 0 Å². The molecular formula is C23H35Cl2N3O2. The van der Waals surface area contributed by atoms with Gasteiger partial charge in [0.2, 0.25) is 5.91 Å². The van der Waals surface area contributed by atoms with Gasteiger partial charge in [0.25, 0.3) is 0 Å². The van der Waals surface area contributed by atoms with Crippen LogP contribution in [-0.2, 0) is 4.79 Å². The Morgan fingerprint density at radius 3 is 2.53 bits per heavy atom. The molecule has 0 aromatic heterocycles. The van der Waals surface area contributed by atoms with Crippen molar-refractivity contribution in [1.82, 2.24) is 15.1 Å². The molecule has 1 N–H and O–H groups in total. The summed E-state index contributed by atoms with van der Waals surface area (Å²) in [5.74, 6) is 2.56. The van der Waals surface area contributed by atoms with Crippen LogP contribution in [0.15, 0.2) is 24.3 Å². The molecule has 1 aromatic carbocycles. The fourth-order valence-corrected chi connectivity index (χ4v) is 6.29. The number of amides is 1. The topological polar surface area (TPSA) is 44.8 Å². The number of piperidine rings is 3.